The van der Waals surface area contributed by atoms with E-state index in [9.17, 15) is 4.79 Å². The first-order valence-corrected chi connectivity index (χ1v) is 5.18. The summed E-state index contributed by atoms with van der Waals surface area (Å²) >= 11 is 0. The summed E-state index contributed by atoms with van der Waals surface area (Å²) in [6.45, 7) is 6.09. The Hall–Kier alpha value is -1.05. The third kappa shape index (κ3) is 6.10. The third-order valence-corrected chi connectivity index (χ3v) is 2.06. The Labute approximate surface area is 90.5 Å². The van der Waals surface area contributed by atoms with Gasteiger partial charge in [-0.2, -0.15) is 0 Å². The van der Waals surface area contributed by atoms with Gasteiger partial charge >= 0.3 is 5.97 Å². The Balaban J connectivity index is 2.02. The molecule has 4 nitrogen and oxygen atoms in total. The van der Waals surface area contributed by atoms with Crippen molar-refractivity contribution >= 4 is 5.97 Å². The minimum absolute atomic E-state index is 0.245. The highest BCUT2D eigenvalue weighted by Gasteiger charge is 2.07. The van der Waals surface area contributed by atoms with Crippen LogP contribution in [0.15, 0.2) is 0 Å². The lowest BCUT2D eigenvalue weighted by molar-refractivity contribution is -0.140. The van der Waals surface area contributed by atoms with E-state index in [0.717, 1.165) is 32.8 Å². The zero-order chi connectivity index (χ0) is 10.9. The van der Waals surface area contributed by atoms with Gasteiger partial charge < -0.3 is 9.47 Å². The van der Waals surface area contributed by atoms with Crippen molar-refractivity contribution in [3.8, 4) is 11.8 Å². The second-order valence-electron chi connectivity index (χ2n) is 3.33. The number of morpholine rings is 1. The van der Waals surface area contributed by atoms with E-state index in [0.29, 0.717) is 13.0 Å². The van der Waals surface area contributed by atoms with Crippen LogP contribution < -0.4 is 0 Å². The normalized spacial score (nSPS) is 16.6. The zero-order valence-corrected chi connectivity index (χ0v) is 9.12. The van der Waals surface area contributed by atoms with Crippen LogP contribution in [0.5, 0.6) is 0 Å². The molecule has 0 bridgehead atoms. The zero-order valence-electron chi connectivity index (χ0n) is 9.12. The van der Waals surface area contributed by atoms with Gasteiger partial charge in [-0.25, -0.2) is 0 Å². The Bertz CT molecular complexity index is 248. The Morgan fingerprint density at radius 2 is 2.13 bits per heavy atom. The van der Waals surface area contributed by atoms with Gasteiger partial charge in [-0.05, 0) is 0 Å². The first-order chi connectivity index (χ1) is 7.29. The van der Waals surface area contributed by atoms with Crippen LogP contribution in [-0.2, 0) is 14.3 Å². The predicted molar refractivity (Wildman–Crippen MR) is 56.3 cm³/mol. The Morgan fingerprint density at radius 1 is 1.40 bits per heavy atom. The number of nitrogens with zero attached hydrogens (tertiary/aromatic N) is 1. The summed E-state index contributed by atoms with van der Waals surface area (Å²) in [6.07, 6.45) is 0.615. The second-order valence-corrected chi connectivity index (χ2v) is 3.33. The fraction of sp³-hybridized carbons (Fsp3) is 0.727. The number of hydrogen-bond acceptors (Lipinski definition) is 4. The van der Waals surface area contributed by atoms with Gasteiger partial charge in [-0.3, -0.25) is 9.69 Å². The van der Waals surface area contributed by atoms with E-state index in [-0.39, 0.29) is 5.97 Å². The maximum Gasteiger partial charge on any atom is 0.302 e. The average molecular weight is 211 g/mol. The minimum Gasteiger partial charge on any atom is -0.465 e. The maximum absolute atomic E-state index is 10.4. The molecule has 0 radical (unpaired) electrons. The van der Waals surface area contributed by atoms with Gasteiger partial charge in [0, 0.05) is 26.4 Å². The van der Waals surface area contributed by atoms with Gasteiger partial charge in [0.25, 0.3) is 0 Å². The molecule has 84 valence electrons. The second kappa shape index (κ2) is 7.27. The summed E-state index contributed by atoms with van der Waals surface area (Å²) in [5.41, 5.74) is 0. The summed E-state index contributed by atoms with van der Waals surface area (Å²) in [5, 5.41) is 0. The number of carbonyl (C=O) groups excluding carboxylic acids is 1. The summed E-state index contributed by atoms with van der Waals surface area (Å²) < 4.78 is 9.98. The first kappa shape index (κ1) is 12.0. The number of rotatable bonds is 3. The molecule has 0 aromatic carbocycles. The van der Waals surface area contributed by atoms with Crippen LogP contribution in [-0.4, -0.2) is 50.3 Å². The third-order valence-electron chi connectivity index (χ3n) is 2.06. The van der Waals surface area contributed by atoms with Crippen LogP contribution >= 0.6 is 0 Å². The van der Waals surface area contributed by atoms with Crippen LogP contribution in [0.1, 0.15) is 13.3 Å². The van der Waals surface area contributed by atoms with E-state index in [1.807, 2.05) is 0 Å². The highest BCUT2D eigenvalue weighted by molar-refractivity contribution is 5.65. The molecule has 15 heavy (non-hydrogen) atoms. The average Bonchev–Trinajstić information content (AvgIpc) is 2.24. The molecule has 0 aromatic rings. The van der Waals surface area contributed by atoms with Crippen LogP contribution in [0.2, 0.25) is 0 Å². The number of hydrogen-bond donors (Lipinski definition) is 0. The number of ether oxygens (including phenoxy) is 2. The SMILES string of the molecule is CC(=O)OCCC#CCN1CCOCC1. The van der Waals surface area contributed by atoms with E-state index >= 15 is 0 Å². The molecule has 1 rings (SSSR count). The highest BCUT2D eigenvalue weighted by atomic mass is 16.5. The highest BCUT2D eigenvalue weighted by Crippen LogP contribution is 1.94. The van der Waals surface area contributed by atoms with Gasteiger partial charge in [-0.15, -0.1) is 0 Å². The predicted octanol–water partition coefficient (Wildman–Crippen LogP) is 0.275. The quantitative estimate of drug-likeness (QED) is 0.382. The van der Waals surface area contributed by atoms with Crippen LogP contribution in [0, 0.1) is 11.8 Å². The summed E-state index contributed by atoms with van der Waals surface area (Å²) in [5.74, 6) is 5.79. The smallest absolute Gasteiger partial charge is 0.302 e. The Morgan fingerprint density at radius 3 is 2.80 bits per heavy atom. The molecule has 0 spiro atoms. The lowest BCUT2D eigenvalue weighted by atomic mass is 10.4. The molecule has 0 unspecified atom stereocenters. The molecule has 1 aliphatic heterocycles. The topological polar surface area (TPSA) is 38.8 Å². The van der Waals surface area contributed by atoms with E-state index in [2.05, 4.69) is 16.7 Å². The van der Waals surface area contributed by atoms with Gasteiger partial charge in [0.15, 0.2) is 0 Å². The largest absolute Gasteiger partial charge is 0.465 e. The standard InChI is InChI=1S/C11H17NO3/c1-11(13)15-8-4-2-3-5-12-6-9-14-10-7-12/h4-10H2,1H3. The molecule has 0 saturated carbocycles. The molecule has 0 amide bonds. The molecular weight excluding hydrogens is 194 g/mol. The van der Waals surface area contributed by atoms with E-state index in [4.69, 9.17) is 9.47 Å². The molecule has 1 heterocycles. The summed E-state index contributed by atoms with van der Waals surface area (Å²) in [4.78, 5) is 12.7. The number of esters is 1. The van der Waals surface area contributed by atoms with E-state index in [1.54, 1.807) is 0 Å². The molecule has 0 aromatic heterocycles. The van der Waals surface area contributed by atoms with E-state index in [1.165, 1.54) is 6.92 Å². The first-order valence-electron chi connectivity index (χ1n) is 5.18. The fourth-order valence-electron chi connectivity index (χ4n) is 1.26. The summed E-state index contributed by atoms with van der Waals surface area (Å²) in [6, 6.07) is 0. The van der Waals surface area contributed by atoms with Crippen molar-refractivity contribution in [1.82, 2.24) is 4.90 Å². The van der Waals surface area contributed by atoms with Crippen molar-refractivity contribution in [2.75, 3.05) is 39.5 Å². The molecule has 4 heteroatoms. The van der Waals surface area contributed by atoms with Crippen molar-refractivity contribution in [3.63, 3.8) is 0 Å². The Kier molecular flexibility index (Phi) is 5.83. The fourth-order valence-corrected chi connectivity index (χ4v) is 1.26. The monoisotopic (exact) mass is 211 g/mol. The van der Waals surface area contributed by atoms with Gasteiger partial charge in [0.1, 0.15) is 6.61 Å². The minimum atomic E-state index is -0.245. The van der Waals surface area contributed by atoms with Crippen LogP contribution in [0.25, 0.3) is 0 Å². The molecule has 0 atom stereocenters. The lowest BCUT2D eigenvalue weighted by Crippen LogP contribution is -2.36. The van der Waals surface area contributed by atoms with Gasteiger partial charge in [0.2, 0.25) is 0 Å². The van der Waals surface area contributed by atoms with Gasteiger partial charge in [0.05, 0.1) is 19.8 Å². The lowest BCUT2D eigenvalue weighted by Gasteiger charge is -2.24. The van der Waals surface area contributed by atoms with Crippen molar-refractivity contribution < 1.29 is 14.3 Å². The van der Waals surface area contributed by atoms with Crippen molar-refractivity contribution in [1.29, 1.82) is 0 Å². The van der Waals surface area contributed by atoms with Crippen molar-refractivity contribution in [2.45, 2.75) is 13.3 Å². The van der Waals surface area contributed by atoms with Gasteiger partial charge in [-0.1, -0.05) is 11.8 Å². The molecule has 1 fully saturated rings. The van der Waals surface area contributed by atoms with Crippen LogP contribution in [0.4, 0.5) is 0 Å². The van der Waals surface area contributed by atoms with Crippen molar-refractivity contribution in [2.24, 2.45) is 0 Å². The molecule has 0 N–H and O–H groups in total. The van der Waals surface area contributed by atoms with Crippen LogP contribution in [0.3, 0.4) is 0 Å². The van der Waals surface area contributed by atoms with Crippen molar-refractivity contribution in [3.05, 3.63) is 0 Å². The molecule has 1 aliphatic rings. The van der Waals surface area contributed by atoms with E-state index < -0.39 is 0 Å². The molecular formula is C11H17NO3. The summed E-state index contributed by atoms with van der Waals surface area (Å²) in [7, 11) is 0. The molecule has 0 aliphatic carbocycles. The molecule has 1 saturated heterocycles. The maximum atomic E-state index is 10.4. The number of carbonyl (C=O) groups is 1.